The van der Waals surface area contributed by atoms with Crippen molar-refractivity contribution in [1.82, 2.24) is 0 Å². The zero-order chi connectivity index (χ0) is 28.5. The molecule has 0 aliphatic rings. The van der Waals surface area contributed by atoms with Gasteiger partial charge >= 0.3 is 0 Å². The Morgan fingerprint density at radius 3 is 0.865 bits per heavy atom. The first kappa shape index (κ1) is 34.6. The third-order valence-corrected chi connectivity index (χ3v) is 8.80. The number of carboxylic acid groups (broad SMARTS) is 2. The monoisotopic (exact) mass is 532 g/mol. The van der Waals surface area contributed by atoms with Crippen LogP contribution in [-0.4, -0.2) is 73.3 Å². The van der Waals surface area contributed by atoms with E-state index >= 15 is 0 Å². The second kappa shape index (κ2) is 18.0. The van der Waals surface area contributed by atoms with Crippen molar-refractivity contribution in [3.05, 3.63) is 59.7 Å². The summed E-state index contributed by atoms with van der Waals surface area (Å²) in [6, 6.07) is 12.5. The van der Waals surface area contributed by atoms with Crippen LogP contribution in [0, 0.1) is 0 Å². The molecule has 0 aliphatic carbocycles. The molecule has 0 amide bonds. The second-order valence-electron chi connectivity index (χ2n) is 8.94. The number of hydrogen-bond donors (Lipinski definition) is 0. The van der Waals surface area contributed by atoms with Crippen LogP contribution in [0.2, 0.25) is 0 Å². The summed E-state index contributed by atoms with van der Waals surface area (Å²) >= 11 is 1.40. The van der Waals surface area contributed by atoms with Crippen LogP contribution in [0.5, 0.6) is 0 Å². The first-order valence-corrected chi connectivity index (χ1v) is 14.4. The van der Waals surface area contributed by atoms with Crippen molar-refractivity contribution in [2.45, 2.75) is 65.2 Å². The molecule has 0 bridgehead atoms. The fourth-order valence-corrected chi connectivity index (χ4v) is 4.95. The van der Waals surface area contributed by atoms with Gasteiger partial charge in [-0.15, -0.1) is 0 Å². The predicted molar refractivity (Wildman–Crippen MR) is 151 cm³/mol. The van der Waals surface area contributed by atoms with Crippen molar-refractivity contribution >= 4 is 23.7 Å². The zero-order valence-electron chi connectivity index (χ0n) is 24.2. The van der Waals surface area contributed by atoms with Crippen LogP contribution in [0.25, 0.3) is 0 Å². The van der Waals surface area contributed by atoms with Crippen molar-refractivity contribution in [2.75, 3.05) is 52.4 Å². The van der Waals surface area contributed by atoms with Gasteiger partial charge in [-0.1, -0.05) is 36.0 Å². The minimum Gasteiger partial charge on any atom is -0.545 e. The maximum Gasteiger partial charge on any atom is 0.0757 e. The smallest absolute Gasteiger partial charge is 0.0757 e. The Labute approximate surface area is 229 Å². The lowest BCUT2D eigenvalue weighted by Crippen LogP contribution is -2.47. The van der Waals surface area contributed by atoms with Crippen LogP contribution < -0.4 is 10.2 Å². The van der Waals surface area contributed by atoms with Gasteiger partial charge in [-0.05, 0) is 90.8 Å². The highest BCUT2D eigenvalue weighted by Gasteiger charge is 2.17. The topological polar surface area (TPSA) is 80.3 Å². The van der Waals surface area contributed by atoms with Crippen molar-refractivity contribution in [2.24, 2.45) is 0 Å². The summed E-state index contributed by atoms with van der Waals surface area (Å²) < 4.78 is 2.56. The van der Waals surface area contributed by atoms with E-state index in [1.165, 1.54) is 97.4 Å². The fraction of sp³-hybridized carbons (Fsp3) is 0.533. The number of carbonyl (C=O) groups is 2. The predicted octanol–water partition coefficient (Wildman–Crippen LogP) is 4.33. The largest absolute Gasteiger partial charge is 0.545 e. The summed E-state index contributed by atoms with van der Waals surface area (Å²) in [6.07, 6.45) is 0. The molecule has 2 rings (SSSR count). The lowest BCUT2D eigenvalue weighted by atomic mass is 10.2. The van der Waals surface area contributed by atoms with E-state index in [9.17, 15) is 19.8 Å². The van der Waals surface area contributed by atoms with Gasteiger partial charge in [0.15, 0.2) is 0 Å². The van der Waals surface area contributed by atoms with Crippen LogP contribution in [0.3, 0.4) is 0 Å². The summed E-state index contributed by atoms with van der Waals surface area (Å²) in [5.41, 5.74) is 0.244. The molecule has 0 aromatic heterocycles. The fourth-order valence-electron chi connectivity index (χ4n) is 4.14. The molecular weight excluding hydrogens is 484 g/mol. The Bertz CT molecular complexity index is 796. The lowest BCUT2D eigenvalue weighted by molar-refractivity contribution is -0.921. The number of nitrogens with zero attached hydrogens (tertiary/aromatic N) is 2. The minimum atomic E-state index is -1.21. The van der Waals surface area contributed by atoms with Gasteiger partial charge in [0.1, 0.15) is 0 Å². The third-order valence-electron chi connectivity index (χ3n) is 7.78. The van der Waals surface area contributed by atoms with E-state index < -0.39 is 11.9 Å². The van der Waals surface area contributed by atoms with Crippen LogP contribution in [-0.2, 0) is 0 Å². The normalized spacial score (nSPS) is 11.0. The van der Waals surface area contributed by atoms with E-state index in [0.717, 1.165) is 9.79 Å². The van der Waals surface area contributed by atoms with Gasteiger partial charge in [-0.25, -0.2) is 0 Å². The highest BCUT2D eigenvalue weighted by molar-refractivity contribution is 7.99. The SMILES string of the molecule is CC[N+](CC)(CC)CC.CC[N+](CC)(CC)CC.O=C([O-])c1ccc(Sc2ccc(C(=O)[O-])cc2)cc1. The van der Waals surface area contributed by atoms with Gasteiger partial charge in [-0.2, -0.15) is 0 Å². The van der Waals surface area contributed by atoms with Gasteiger partial charge in [0.25, 0.3) is 0 Å². The third kappa shape index (κ3) is 11.7. The average Bonchev–Trinajstić information content (AvgIpc) is 2.93. The molecular formula is C30H48N2O4S. The van der Waals surface area contributed by atoms with Crippen molar-refractivity contribution in [3.8, 4) is 0 Å². The Hall–Kier alpha value is -2.35. The Morgan fingerprint density at radius 2 is 0.730 bits per heavy atom. The minimum absolute atomic E-state index is 0.122. The number of hydrogen-bond acceptors (Lipinski definition) is 5. The standard InChI is InChI=1S/C14H10O4S.2C8H20N/c15-13(16)9-1-5-11(6-2-9)19-12-7-3-10(4-8-12)14(17)18;2*1-5-9(6-2,7-3)8-4/h1-8H,(H,15,16)(H,17,18);2*5-8H2,1-4H3/q;2*+1/p-2. The van der Waals surface area contributed by atoms with E-state index in [1.54, 1.807) is 24.3 Å². The first-order chi connectivity index (χ1) is 17.5. The summed E-state index contributed by atoms with van der Waals surface area (Å²) in [7, 11) is 0. The highest BCUT2D eigenvalue weighted by Crippen LogP contribution is 2.27. The molecule has 208 valence electrons. The molecule has 0 atom stereocenters. The lowest BCUT2D eigenvalue weighted by Gasteiger charge is -2.34. The number of rotatable bonds is 12. The van der Waals surface area contributed by atoms with Crippen molar-refractivity contribution in [1.29, 1.82) is 0 Å². The molecule has 0 radical (unpaired) electrons. The molecule has 37 heavy (non-hydrogen) atoms. The number of carbonyl (C=O) groups excluding carboxylic acids is 2. The Balaban J connectivity index is 0.000000606. The first-order valence-electron chi connectivity index (χ1n) is 13.6. The van der Waals surface area contributed by atoms with E-state index in [2.05, 4.69) is 55.4 Å². The second-order valence-corrected chi connectivity index (χ2v) is 10.1. The van der Waals surface area contributed by atoms with E-state index in [1.807, 2.05) is 0 Å². The molecule has 0 heterocycles. The van der Waals surface area contributed by atoms with E-state index in [-0.39, 0.29) is 11.1 Å². The van der Waals surface area contributed by atoms with Crippen molar-refractivity contribution in [3.63, 3.8) is 0 Å². The molecule has 0 spiro atoms. The van der Waals surface area contributed by atoms with Crippen molar-refractivity contribution < 1.29 is 28.8 Å². The van der Waals surface area contributed by atoms with E-state index in [0.29, 0.717) is 0 Å². The molecule has 6 nitrogen and oxygen atoms in total. The van der Waals surface area contributed by atoms with Gasteiger partial charge in [-0.3, -0.25) is 0 Å². The molecule has 0 unspecified atom stereocenters. The van der Waals surface area contributed by atoms with Crippen LogP contribution >= 0.6 is 11.8 Å². The summed E-state index contributed by atoms with van der Waals surface area (Å²) in [4.78, 5) is 22.9. The van der Waals surface area contributed by atoms with Crippen LogP contribution in [0.4, 0.5) is 0 Å². The quantitative estimate of drug-likeness (QED) is 0.380. The molecule has 0 aliphatic heterocycles. The molecule has 2 aromatic carbocycles. The summed E-state index contributed by atoms with van der Waals surface area (Å²) in [5.74, 6) is -2.43. The molecule has 2 aromatic rings. The number of benzene rings is 2. The van der Waals surface area contributed by atoms with Gasteiger partial charge < -0.3 is 28.8 Å². The summed E-state index contributed by atoms with van der Waals surface area (Å²) in [5, 5.41) is 21.2. The van der Waals surface area contributed by atoms with Crippen LogP contribution in [0.15, 0.2) is 58.3 Å². The number of quaternary nitrogens is 2. The highest BCUT2D eigenvalue weighted by atomic mass is 32.2. The summed E-state index contributed by atoms with van der Waals surface area (Å²) in [6.45, 7) is 28.4. The molecule has 0 saturated heterocycles. The van der Waals surface area contributed by atoms with Crippen LogP contribution in [0.1, 0.15) is 76.1 Å². The zero-order valence-corrected chi connectivity index (χ0v) is 25.0. The average molecular weight is 533 g/mol. The maximum atomic E-state index is 10.6. The van der Waals surface area contributed by atoms with Gasteiger partial charge in [0.05, 0.1) is 64.3 Å². The molecule has 0 N–H and O–H groups in total. The van der Waals surface area contributed by atoms with E-state index in [4.69, 9.17) is 0 Å². The molecule has 0 saturated carbocycles. The maximum absolute atomic E-state index is 10.6. The van der Waals surface area contributed by atoms with Gasteiger partial charge in [0.2, 0.25) is 0 Å². The Morgan fingerprint density at radius 1 is 0.514 bits per heavy atom. The number of carboxylic acids is 2. The van der Waals surface area contributed by atoms with Gasteiger partial charge in [0, 0.05) is 9.79 Å². The Kier molecular flexibility index (Phi) is 16.9. The number of aromatic carboxylic acids is 2. The molecule has 0 fully saturated rings. The molecule has 7 heteroatoms.